The molecule has 1 aromatic carbocycles. The van der Waals surface area contributed by atoms with Crippen LogP contribution in [0.3, 0.4) is 0 Å². The van der Waals surface area contributed by atoms with E-state index in [-0.39, 0.29) is 11.9 Å². The molecule has 1 heterocycles. The molecule has 2 aromatic rings. The van der Waals surface area contributed by atoms with Crippen molar-refractivity contribution in [2.24, 2.45) is 0 Å². The van der Waals surface area contributed by atoms with E-state index >= 15 is 0 Å². The number of carbonyl (C=O) groups excluding carboxylic acids is 1. The Labute approximate surface area is 123 Å². The molecule has 0 aliphatic heterocycles. The maximum atomic E-state index is 12.2. The van der Waals surface area contributed by atoms with Gasteiger partial charge in [-0.3, -0.25) is 4.79 Å². The summed E-state index contributed by atoms with van der Waals surface area (Å²) >= 11 is 5.93. The average Bonchev–Trinajstić information content (AvgIpc) is 2.48. The van der Waals surface area contributed by atoms with Crippen molar-refractivity contribution in [3.05, 3.63) is 64.4 Å². The second kappa shape index (κ2) is 5.63. The summed E-state index contributed by atoms with van der Waals surface area (Å²) in [5, 5.41) is 3.60. The predicted octanol–water partition coefficient (Wildman–Crippen LogP) is 3.54. The fraction of sp³-hybridized carbons (Fsp3) is 0.250. The van der Waals surface area contributed by atoms with E-state index in [1.807, 2.05) is 36.4 Å². The fourth-order valence-electron chi connectivity index (χ4n) is 2.61. The maximum Gasteiger partial charge on any atom is 0.251 e. The van der Waals surface area contributed by atoms with Crippen LogP contribution in [0.2, 0.25) is 5.15 Å². The largest absolute Gasteiger partial charge is 0.345 e. The van der Waals surface area contributed by atoms with Crippen LogP contribution in [0.5, 0.6) is 0 Å². The molecule has 102 valence electrons. The van der Waals surface area contributed by atoms with E-state index in [0.29, 0.717) is 10.7 Å². The van der Waals surface area contributed by atoms with Crippen LogP contribution in [0.4, 0.5) is 0 Å². The normalized spacial score (nSPS) is 17.4. The third-order valence-electron chi connectivity index (χ3n) is 3.60. The van der Waals surface area contributed by atoms with Crippen LogP contribution in [0.25, 0.3) is 0 Å². The molecule has 1 N–H and O–H groups in total. The molecule has 0 bridgehead atoms. The molecule has 1 aliphatic carbocycles. The van der Waals surface area contributed by atoms with E-state index < -0.39 is 0 Å². The fourth-order valence-corrected chi connectivity index (χ4v) is 2.78. The van der Waals surface area contributed by atoms with Crippen molar-refractivity contribution in [1.29, 1.82) is 0 Å². The molecule has 3 rings (SSSR count). The zero-order chi connectivity index (χ0) is 13.9. The highest BCUT2D eigenvalue weighted by molar-refractivity contribution is 6.29. The molecule has 1 amide bonds. The number of rotatable bonds is 2. The number of benzene rings is 1. The van der Waals surface area contributed by atoms with Gasteiger partial charge in [0.25, 0.3) is 5.91 Å². The molecular weight excluding hydrogens is 272 g/mol. The third kappa shape index (κ3) is 2.68. The molecule has 1 aliphatic rings. The summed E-state index contributed by atoms with van der Waals surface area (Å²) in [5.41, 5.74) is 2.77. The molecular formula is C16H15ClN2O. The number of carbonyl (C=O) groups is 1. The van der Waals surface area contributed by atoms with Crippen LogP contribution in [-0.2, 0) is 6.42 Å². The lowest BCUT2D eigenvalue weighted by Gasteiger charge is -2.25. The lowest BCUT2D eigenvalue weighted by Crippen LogP contribution is -2.31. The molecule has 0 saturated heterocycles. The SMILES string of the molecule is O=C(NC1CCCc2nc(Cl)ccc21)c1ccccc1. The van der Waals surface area contributed by atoms with Crippen molar-refractivity contribution in [2.45, 2.75) is 25.3 Å². The Hall–Kier alpha value is -1.87. The number of nitrogens with one attached hydrogen (secondary N) is 1. The van der Waals surface area contributed by atoms with Gasteiger partial charge in [-0.05, 0) is 43.0 Å². The van der Waals surface area contributed by atoms with Gasteiger partial charge in [0.2, 0.25) is 0 Å². The van der Waals surface area contributed by atoms with Gasteiger partial charge in [0.05, 0.1) is 6.04 Å². The van der Waals surface area contributed by atoms with Crippen LogP contribution < -0.4 is 5.32 Å². The summed E-state index contributed by atoms with van der Waals surface area (Å²) in [4.78, 5) is 16.6. The van der Waals surface area contributed by atoms with Gasteiger partial charge >= 0.3 is 0 Å². The quantitative estimate of drug-likeness (QED) is 0.858. The first-order chi connectivity index (χ1) is 9.74. The van der Waals surface area contributed by atoms with Gasteiger partial charge in [0.15, 0.2) is 0 Å². The number of pyridine rings is 1. The van der Waals surface area contributed by atoms with Gasteiger partial charge < -0.3 is 5.32 Å². The molecule has 0 saturated carbocycles. The summed E-state index contributed by atoms with van der Waals surface area (Å²) in [6, 6.07) is 13.1. The molecule has 3 nitrogen and oxygen atoms in total. The van der Waals surface area contributed by atoms with Crippen LogP contribution in [0, 0.1) is 0 Å². The van der Waals surface area contributed by atoms with E-state index in [9.17, 15) is 4.79 Å². The van der Waals surface area contributed by atoms with Crippen molar-refractivity contribution in [1.82, 2.24) is 10.3 Å². The maximum absolute atomic E-state index is 12.2. The van der Waals surface area contributed by atoms with Gasteiger partial charge in [-0.15, -0.1) is 0 Å². The van der Waals surface area contributed by atoms with Crippen molar-refractivity contribution in [2.75, 3.05) is 0 Å². The number of aromatic nitrogens is 1. The summed E-state index contributed by atoms with van der Waals surface area (Å²) < 4.78 is 0. The smallest absolute Gasteiger partial charge is 0.251 e. The first-order valence-electron chi connectivity index (χ1n) is 6.75. The molecule has 1 aromatic heterocycles. The van der Waals surface area contributed by atoms with Crippen LogP contribution in [0.1, 0.15) is 40.5 Å². The second-order valence-electron chi connectivity index (χ2n) is 4.95. The van der Waals surface area contributed by atoms with E-state index in [0.717, 1.165) is 30.5 Å². The van der Waals surface area contributed by atoms with Crippen molar-refractivity contribution in [3.63, 3.8) is 0 Å². The Bertz CT molecular complexity index is 628. The first-order valence-corrected chi connectivity index (χ1v) is 7.13. The van der Waals surface area contributed by atoms with Gasteiger partial charge in [-0.25, -0.2) is 4.98 Å². The molecule has 1 atom stereocenters. The number of hydrogen-bond acceptors (Lipinski definition) is 2. The number of halogens is 1. The monoisotopic (exact) mass is 286 g/mol. The molecule has 0 fully saturated rings. The highest BCUT2D eigenvalue weighted by Crippen LogP contribution is 2.29. The Morgan fingerprint density at radius 2 is 2.00 bits per heavy atom. The van der Waals surface area contributed by atoms with Crippen molar-refractivity contribution >= 4 is 17.5 Å². The van der Waals surface area contributed by atoms with E-state index in [1.165, 1.54) is 0 Å². The van der Waals surface area contributed by atoms with Gasteiger partial charge in [-0.1, -0.05) is 35.9 Å². The molecule has 0 spiro atoms. The molecule has 20 heavy (non-hydrogen) atoms. The van der Waals surface area contributed by atoms with Crippen molar-refractivity contribution in [3.8, 4) is 0 Å². The lowest BCUT2D eigenvalue weighted by molar-refractivity contribution is 0.0932. The topological polar surface area (TPSA) is 42.0 Å². The highest BCUT2D eigenvalue weighted by Gasteiger charge is 2.23. The van der Waals surface area contributed by atoms with Gasteiger partial charge in [-0.2, -0.15) is 0 Å². The van der Waals surface area contributed by atoms with Gasteiger partial charge in [0, 0.05) is 11.3 Å². The standard InChI is InChI=1S/C16H15ClN2O/c17-15-10-9-12-13(18-15)7-4-8-14(12)19-16(20)11-5-2-1-3-6-11/h1-3,5-6,9-10,14H,4,7-8H2,(H,19,20). The minimum absolute atomic E-state index is 0.0243. The van der Waals surface area contributed by atoms with E-state index in [1.54, 1.807) is 6.07 Å². The zero-order valence-electron chi connectivity index (χ0n) is 11.0. The Kier molecular flexibility index (Phi) is 3.70. The van der Waals surface area contributed by atoms with Crippen LogP contribution in [-0.4, -0.2) is 10.9 Å². The number of hydrogen-bond donors (Lipinski definition) is 1. The lowest BCUT2D eigenvalue weighted by atomic mass is 9.91. The Morgan fingerprint density at radius 3 is 2.80 bits per heavy atom. The van der Waals surface area contributed by atoms with Gasteiger partial charge in [0.1, 0.15) is 5.15 Å². The summed E-state index contributed by atoms with van der Waals surface area (Å²) in [6.45, 7) is 0. The summed E-state index contributed by atoms with van der Waals surface area (Å²) in [5.74, 6) is -0.0431. The minimum Gasteiger partial charge on any atom is -0.345 e. The third-order valence-corrected chi connectivity index (χ3v) is 3.81. The van der Waals surface area contributed by atoms with E-state index in [4.69, 9.17) is 11.6 Å². The number of aryl methyl sites for hydroxylation is 1. The molecule has 1 unspecified atom stereocenters. The Balaban J connectivity index is 1.81. The highest BCUT2D eigenvalue weighted by atomic mass is 35.5. The number of fused-ring (bicyclic) bond motifs is 1. The average molecular weight is 287 g/mol. The van der Waals surface area contributed by atoms with Crippen LogP contribution in [0.15, 0.2) is 42.5 Å². The van der Waals surface area contributed by atoms with Crippen molar-refractivity contribution < 1.29 is 4.79 Å². The first kappa shape index (κ1) is 13.1. The number of amides is 1. The zero-order valence-corrected chi connectivity index (χ0v) is 11.7. The van der Waals surface area contributed by atoms with Crippen LogP contribution >= 0.6 is 11.6 Å². The number of nitrogens with zero attached hydrogens (tertiary/aromatic N) is 1. The van der Waals surface area contributed by atoms with E-state index in [2.05, 4.69) is 10.3 Å². The molecule has 4 heteroatoms. The second-order valence-corrected chi connectivity index (χ2v) is 5.34. The predicted molar refractivity (Wildman–Crippen MR) is 78.8 cm³/mol. The Morgan fingerprint density at radius 1 is 1.20 bits per heavy atom. The summed E-state index contributed by atoms with van der Waals surface area (Å²) in [7, 11) is 0. The minimum atomic E-state index is -0.0431. The molecule has 0 radical (unpaired) electrons. The summed E-state index contributed by atoms with van der Waals surface area (Å²) in [6.07, 6.45) is 2.88.